The Kier molecular flexibility index (Phi) is 9.95. The second kappa shape index (κ2) is 12.7. The Hall–Kier alpha value is -1.70. The molecule has 4 rings (SSSR count). The van der Waals surface area contributed by atoms with Gasteiger partial charge in [-0.05, 0) is 23.3 Å². The first-order valence-electron chi connectivity index (χ1n) is 9.24. The summed E-state index contributed by atoms with van der Waals surface area (Å²) < 4.78 is 10.7. The molecular weight excluding hydrogens is 565 g/mol. The first-order chi connectivity index (χ1) is 15.8. The van der Waals surface area contributed by atoms with E-state index in [0.717, 1.165) is 0 Å². The minimum atomic E-state index is -1.58. The molecule has 0 aliphatic carbocycles. The van der Waals surface area contributed by atoms with Gasteiger partial charge in [-0.2, -0.15) is 9.97 Å². The predicted octanol–water partition coefficient (Wildman–Crippen LogP) is 8.21. The van der Waals surface area contributed by atoms with E-state index in [1.807, 2.05) is 12.1 Å². The summed E-state index contributed by atoms with van der Waals surface area (Å²) in [5, 5.41) is 1.05. The third kappa shape index (κ3) is 7.65. The lowest BCUT2D eigenvalue weighted by atomic mass is 10.1. The zero-order valence-corrected chi connectivity index (χ0v) is 22.6. The number of pyridine rings is 2. The van der Waals surface area contributed by atoms with E-state index in [2.05, 4.69) is 58.5 Å². The van der Waals surface area contributed by atoms with E-state index >= 15 is 0 Å². The fraction of sp³-hybridized carbons (Fsp3) is 0. The summed E-state index contributed by atoms with van der Waals surface area (Å²) in [6, 6.07) is 23.6. The third-order valence-electron chi connectivity index (χ3n) is 3.98. The van der Waals surface area contributed by atoms with Gasteiger partial charge < -0.3 is 8.85 Å². The van der Waals surface area contributed by atoms with Crippen LogP contribution in [-0.4, -0.2) is 20.0 Å². The van der Waals surface area contributed by atoms with Crippen molar-refractivity contribution in [2.24, 2.45) is 0 Å². The minimum Gasteiger partial charge on any atom is -0.501 e. The molecule has 0 N–H and O–H groups in total. The van der Waals surface area contributed by atoms with Crippen LogP contribution in [0.4, 0.5) is 0 Å². The van der Waals surface area contributed by atoms with Gasteiger partial charge >= 0.3 is 10.0 Å². The molecule has 2 heterocycles. The van der Waals surface area contributed by atoms with Crippen molar-refractivity contribution in [3.8, 4) is 22.9 Å². The summed E-state index contributed by atoms with van der Waals surface area (Å²) >= 11 is 34.9. The van der Waals surface area contributed by atoms with E-state index in [1.165, 1.54) is 23.3 Å². The molecule has 2 aromatic carbocycles. The number of hydrogen-bond acceptors (Lipinski definition) is 4. The van der Waals surface area contributed by atoms with Crippen molar-refractivity contribution in [2.45, 2.75) is 0 Å². The zero-order chi connectivity index (χ0) is 23.8. The van der Waals surface area contributed by atoms with Crippen molar-refractivity contribution in [3.63, 3.8) is 0 Å². The van der Waals surface area contributed by atoms with Crippen LogP contribution in [0, 0.1) is 0 Å². The molecule has 4 nitrogen and oxygen atoms in total. The average Bonchev–Trinajstić information content (AvgIpc) is 2.82. The zero-order valence-electron chi connectivity index (χ0n) is 16.6. The number of nitrogens with zero attached hydrogens (tertiary/aromatic N) is 2. The van der Waals surface area contributed by atoms with Crippen molar-refractivity contribution in [1.29, 1.82) is 0 Å². The highest BCUT2D eigenvalue weighted by Crippen LogP contribution is 2.32. The SMILES string of the molecule is Clc1cc(Cl)c(O[SiH2]Oc2nc(Cl)c(Cl)cc2Cl)nc1Cl.c1ccc(-c2ccccc2)cc1. The molecule has 0 fully saturated rings. The van der Waals surface area contributed by atoms with Crippen molar-refractivity contribution in [2.75, 3.05) is 0 Å². The smallest absolute Gasteiger partial charge is 0.429 e. The van der Waals surface area contributed by atoms with Crippen molar-refractivity contribution in [1.82, 2.24) is 9.97 Å². The number of rotatable bonds is 5. The van der Waals surface area contributed by atoms with Gasteiger partial charge in [-0.3, -0.25) is 0 Å². The monoisotopic (exact) mass is 576 g/mol. The maximum atomic E-state index is 5.92. The maximum absolute atomic E-state index is 5.92. The number of halogens is 6. The van der Waals surface area contributed by atoms with Crippen LogP contribution in [0.5, 0.6) is 11.8 Å². The van der Waals surface area contributed by atoms with Gasteiger partial charge in [-0.15, -0.1) is 0 Å². The number of benzene rings is 2. The average molecular weight is 579 g/mol. The fourth-order valence-corrected chi connectivity index (χ4v) is 4.46. The molecule has 0 amide bonds. The lowest BCUT2D eigenvalue weighted by Crippen LogP contribution is -2.13. The molecule has 0 bridgehead atoms. The Morgan fingerprint density at radius 3 is 1.24 bits per heavy atom. The Labute approximate surface area is 223 Å². The van der Waals surface area contributed by atoms with E-state index in [-0.39, 0.29) is 42.2 Å². The lowest BCUT2D eigenvalue weighted by Gasteiger charge is -2.10. The second-order valence-electron chi connectivity index (χ2n) is 6.23. The second-order valence-corrected chi connectivity index (χ2v) is 9.39. The summed E-state index contributed by atoms with van der Waals surface area (Å²) in [4.78, 5) is 7.78. The van der Waals surface area contributed by atoms with E-state index in [4.69, 9.17) is 78.5 Å². The van der Waals surface area contributed by atoms with E-state index in [1.54, 1.807) is 0 Å². The molecule has 0 saturated carbocycles. The van der Waals surface area contributed by atoms with Gasteiger partial charge in [0.25, 0.3) is 0 Å². The summed E-state index contributed by atoms with van der Waals surface area (Å²) in [5.41, 5.74) is 2.55. The summed E-state index contributed by atoms with van der Waals surface area (Å²) in [6.45, 7) is 0. The maximum Gasteiger partial charge on any atom is 0.429 e. The normalized spacial score (nSPS) is 10.2. The molecule has 4 aromatic rings. The Bertz CT molecular complexity index is 1120. The molecule has 33 heavy (non-hydrogen) atoms. The molecule has 2 aromatic heterocycles. The van der Waals surface area contributed by atoms with Crippen molar-refractivity contribution < 1.29 is 8.85 Å². The van der Waals surface area contributed by atoms with Crippen LogP contribution in [0.2, 0.25) is 30.4 Å². The highest BCUT2D eigenvalue weighted by Gasteiger charge is 2.12. The number of aromatic nitrogens is 2. The van der Waals surface area contributed by atoms with Crippen molar-refractivity contribution in [3.05, 3.63) is 103 Å². The fourth-order valence-electron chi connectivity index (χ4n) is 2.46. The van der Waals surface area contributed by atoms with E-state index < -0.39 is 10.0 Å². The Morgan fingerprint density at radius 1 is 0.515 bits per heavy atom. The summed E-state index contributed by atoms with van der Waals surface area (Å²) in [7, 11) is -1.58. The molecular formula is C22H14Cl6N2O2Si. The van der Waals surface area contributed by atoms with Crippen LogP contribution >= 0.6 is 69.6 Å². The topological polar surface area (TPSA) is 44.2 Å². The highest BCUT2D eigenvalue weighted by molar-refractivity contribution is 6.43. The van der Waals surface area contributed by atoms with Gasteiger partial charge in [-0.25, -0.2) is 0 Å². The van der Waals surface area contributed by atoms with Gasteiger partial charge in [0.05, 0.1) is 10.0 Å². The molecule has 0 saturated heterocycles. The molecule has 0 radical (unpaired) electrons. The number of hydrogen-bond donors (Lipinski definition) is 0. The van der Waals surface area contributed by atoms with E-state index in [9.17, 15) is 0 Å². The summed E-state index contributed by atoms with van der Waals surface area (Å²) in [5.74, 6) is 0.239. The van der Waals surface area contributed by atoms with Crippen LogP contribution in [0.15, 0.2) is 72.8 Å². The van der Waals surface area contributed by atoms with Gasteiger partial charge in [0.1, 0.15) is 10.0 Å². The molecule has 170 valence electrons. The highest BCUT2D eigenvalue weighted by atomic mass is 35.5. The Balaban J connectivity index is 0.000000215. The van der Waals surface area contributed by atoms with E-state index in [0.29, 0.717) is 0 Å². The standard InChI is InChI=1S/C12H10.C10H4Cl6N2O2Si/c1-3-7-11(8-4-1)12-9-5-2-6-10-12;11-3-1-5(13)9(17-7(3)15)19-21-20-10-6(14)2-4(12)8(16)18-10/h1-10H;1-2H,21H2. The molecule has 0 aliphatic heterocycles. The van der Waals surface area contributed by atoms with Gasteiger partial charge in [-0.1, -0.05) is 130 Å². The lowest BCUT2D eigenvalue weighted by molar-refractivity contribution is 0.439. The quantitative estimate of drug-likeness (QED) is 0.177. The van der Waals surface area contributed by atoms with Crippen LogP contribution in [-0.2, 0) is 0 Å². The molecule has 0 spiro atoms. The molecule has 0 aliphatic rings. The van der Waals surface area contributed by atoms with Crippen LogP contribution < -0.4 is 8.85 Å². The van der Waals surface area contributed by atoms with Gasteiger partial charge in [0, 0.05) is 0 Å². The minimum absolute atomic E-state index is 0.0794. The molecule has 0 unspecified atom stereocenters. The van der Waals surface area contributed by atoms with Crippen LogP contribution in [0.3, 0.4) is 0 Å². The summed E-state index contributed by atoms with van der Waals surface area (Å²) in [6.07, 6.45) is 0. The van der Waals surface area contributed by atoms with Crippen LogP contribution in [0.25, 0.3) is 11.1 Å². The third-order valence-corrected chi connectivity index (χ3v) is 6.65. The largest absolute Gasteiger partial charge is 0.501 e. The van der Waals surface area contributed by atoms with Crippen LogP contribution in [0.1, 0.15) is 0 Å². The molecule has 0 atom stereocenters. The van der Waals surface area contributed by atoms with Gasteiger partial charge in [0.2, 0.25) is 11.8 Å². The van der Waals surface area contributed by atoms with Gasteiger partial charge in [0.15, 0.2) is 10.3 Å². The Morgan fingerprint density at radius 2 is 0.879 bits per heavy atom. The first kappa shape index (κ1) is 25.9. The van der Waals surface area contributed by atoms with Crippen molar-refractivity contribution >= 4 is 79.6 Å². The first-order valence-corrected chi connectivity index (χ1v) is 12.7. The predicted molar refractivity (Wildman–Crippen MR) is 140 cm³/mol. The molecule has 11 heteroatoms.